The van der Waals surface area contributed by atoms with Crippen molar-refractivity contribution in [1.29, 1.82) is 0 Å². The zero-order valence-corrected chi connectivity index (χ0v) is 17.8. The molecule has 24 heavy (non-hydrogen) atoms. The van der Waals surface area contributed by atoms with Crippen molar-refractivity contribution < 1.29 is 5.11 Å². The van der Waals surface area contributed by atoms with E-state index in [4.69, 9.17) is 0 Å². The number of nitrogens with zero attached hydrogens (tertiary/aromatic N) is 1. The van der Waals surface area contributed by atoms with Crippen LogP contribution >= 0.6 is 35.7 Å². The quantitative estimate of drug-likeness (QED) is 0.250. The van der Waals surface area contributed by atoms with Gasteiger partial charge in [0.1, 0.15) is 0 Å². The smallest absolute Gasteiger partial charge is 0.191 e. The molecule has 1 aromatic rings. The van der Waals surface area contributed by atoms with Gasteiger partial charge in [-0.15, -0.1) is 35.7 Å². The molecule has 1 aliphatic carbocycles. The Morgan fingerprint density at radius 2 is 1.92 bits per heavy atom. The molecule has 1 aliphatic rings. The van der Waals surface area contributed by atoms with E-state index in [1.807, 2.05) is 17.8 Å². The van der Waals surface area contributed by atoms with Crippen LogP contribution in [0.3, 0.4) is 0 Å². The van der Waals surface area contributed by atoms with E-state index in [0.29, 0.717) is 11.8 Å². The first-order chi connectivity index (χ1) is 11.1. The molecule has 2 rings (SSSR count). The van der Waals surface area contributed by atoms with Crippen LogP contribution in [-0.2, 0) is 0 Å². The lowest BCUT2D eigenvalue weighted by Crippen LogP contribution is -2.41. The molecule has 1 fully saturated rings. The highest BCUT2D eigenvalue weighted by molar-refractivity contribution is 14.0. The van der Waals surface area contributed by atoms with Crippen LogP contribution in [0.25, 0.3) is 0 Å². The minimum atomic E-state index is -0.591. The maximum atomic E-state index is 10.4. The second kappa shape index (κ2) is 11.2. The van der Waals surface area contributed by atoms with E-state index in [-0.39, 0.29) is 24.0 Å². The molecule has 1 saturated carbocycles. The summed E-state index contributed by atoms with van der Waals surface area (Å²) in [5.41, 5.74) is -0.591. The third-order valence-corrected chi connectivity index (χ3v) is 5.16. The van der Waals surface area contributed by atoms with Crippen LogP contribution in [0.4, 0.5) is 0 Å². The Labute approximate surface area is 167 Å². The van der Waals surface area contributed by atoms with Gasteiger partial charge >= 0.3 is 0 Å². The molecule has 0 amide bonds. The summed E-state index contributed by atoms with van der Waals surface area (Å²) in [4.78, 5) is 5.86. The predicted octanol–water partition coefficient (Wildman–Crippen LogP) is 3.65. The van der Waals surface area contributed by atoms with Crippen molar-refractivity contribution in [1.82, 2.24) is 10.6 Å². The predicted molar refractivity (Wildman–Crippen MR) is 115 cm³/mol. The first-order valence-corrected chi connectivity index (χ1v) is 9.45. The van der Waals surface area contributed by atoms with Crippen molar-refractivity contribution >= 4 is 41.7 Å². The molecule has 0 saturated heterocycles. The molecular formula is C18H30IN3OS. The van der Waals surface area contributed by atoms with Crippen molar-refractivity contribution in [3.05, 3.63) is 30.3 Å². The summed E-state index contributed by atoms with van der Waals surface area (Å²) in [5.74, 6) is 0.799. The fraction of sp³-hybridized carbons (Fsp3) is 0.611. The lowest BCUT2D eigenvalue weighted by Gasteiger charge is -2.21. The molecule has 0 bridgehead atoms. The molecule has 0 radical (unpaired) electrons. The van der Waals surface area contributed by atoms with Crippen LogP contribution < -0.4 is 10.6 Å². The number of aliphatic hydroxyl groups is 1. The van der Waals surface area contributed by atoms with E-state index in [2.05, 4.69) is 53.7 Å². The van der Waals surface area contributed by atoms with Gasteiger partial charge in [-0.1, -0.05) is 38.0 Å². The maximum Gasteiger partial charge on any atom is 0.191 e. The zero-order chi connectivity index (χ0) is 16.5. The Balaban J connectivity index is 0.00000288. The van der Waals surface area contributed by atoms with Crippen molar-refractivity contribution in [3.63, 3.8) is 0 Å². The second-order valence-electron chi connectivity index (χ2n) is 6.25. The molecule has 0 aliphatic heterocycles. The van der Waals surface area contributed by atoms with Gasteiger partial charge in [0, 0.05) is 23.2 Å². The van der Waals surface area contributed by atoms with E-state index >= 15 is 0 Å². The normalized spacial score (nSPS) is 17.9. The number of nitrogens with one attached hydrogen (secondary N) is 2. The highest BCUT2D eigenvalue weighted by Crippen LogP contribution is 2.29. The molecule has 1 aromatic carbocycles. The average Bonchev–Trinajstić information content (AvgIpc) is 2.98. The molecule has 6 heteroatoms. The fourth-order valence-corrected chi connectivity index (χ4v) is 3.72. The van der Waals surface area contributed by atoms with E-state index in [0.717, 1.165) is 44.7 Å². The monoisotopic (exact) mass is 463 g/mol. The lowest BCUT2D eigenvalue weighted by atomic mass is 10.0. The van der Waals surface area contributed by atoms with E-state index in [1.54, 1.807) is 0 Å². The molecular weight excluding hydrogens is 433 g/mol. The highest BCUT2D eigenvalue weighted by Gasteiger charge is 2.30. The number of rotatable bonds is 7. The topological polar surface area (TPSA) is 56.7 Å². The number of halogens is 1. The van der Waals surface area contributed by atoms with Gasteiger partial charge < -0.3 is 15.7 Å². The molecule has 1 atom stereocenters. The van der Waals surface area contributed by atoms with Crippen molar-refractivity contribution in [2.45, 2.75) is 55.3 Å². The van der Waals surface area contributed by atoms with Gasteiger partial charge in [0.05, 0.1) is 12.1 Å². The molecule has 0 aromatic heterocycles. The Kier molecular flexibility index (Phi) is 10.1. The van der Waals surface area contributed by atoms with E-state index in [9.17, 15) is 5.11 Å². The summed E-state index contributed by atoms with van der Waals surface area (Å²) in [5, 5.41) is 17.5. The summed E-state index contributed by atoms with van der Waals surface area (Å²) in [6, 6.07) is 10.4. The van der Waals surface area contributed by atoms with Crippen LogP contribution in [0.15, 0.2) is 40.2 Å². The van der Waals surface area contributed by atoms with Crippen molar-refractivity contribution in [3.8, 4) is 0 Å². The first kappa shape index (κ1) is 21.6. The van der Waals surface area contributed by atoms with Crippen LogP contribution in [0.1, 0.15) is 39.5 Å². The minimum absolute atomic E-state index is 0. The lowest BCUT2D eigenvalue weighted by molar-refractivity contribution is 0.0574. The number of guanidine groups is 1. The first-order valence-electron chi connectivity index (χ1n) is 8.57. The van der Waals surface area contributed by atoms with E-state index in [1.165, 1.54) is 4.90 Å². The van der Waals surface area contributed by atoms with Crippen LogP contribution in [0.5, 0.6) is 0 Å². The Hall–Kier alpha value is -0.470. The number of thioether (sulfide) groups is 1. The Morgan fingerprint density at radius 1 is 1.25 bits per heavy atom. The van der Waals surface area contributed by atoms with Gasteiger partial charge in [-0.05, 0) is 31.9 Å². The fourth-order valence-electron chi connectivity index (χ4n) is 2.77. The van der Waals surface area contributed by atoms with Crippen LogP contribution in [-0.4, -0.2) is 41.6 Å². The van der Waals surface area contributed by atoms with Gasteiger partial charge in [-0.2, -0.15) is 0 Å². The van der Waals surface area contributed by atoms with Gasteiger partial charge in [-0.25, -0.2) is 0 Å². The van der Waals surface area contributed by atoms with Gasteiger partial charge in [0.2, 0.25) is 0 Å². The van der Waals surface area contributed by atoms with E-state index < -0.39 is 5.60 Å². The Morgan fingerprint density at radius 3 is 2.54 bits per heavy atom. The summed E-state index contributed by atoms with van der Waals surface area (Å²) in [7, 11) is 0. The number of benzene rings is 1. The molecule has 4 nitrogen and oxygen atoms in total. The number of hydrogen-bond donors (Lipinski definition) is 3. The average molecular weight is 463 g/mol. The summed E-state index contributed by atoms with van der Waals surface area (Å²) in [6.07, 6.45) is 3.97. The Bertz CT molecular complexity index is 492. The van der Waals surface area contributed by atoms with Gasteiger partial charge in [-0.3, -0.25) is 4.99 Å². The van der Waals surface area contributed by atoms with Crippen molar-refractivity contribution in [2.75, 3.05) is 19.6 Å². The second-order valence-corrected chi connectivity index (χ2v) is 7.76. The number of aliphatic imine (C=N–C) groups is 1. The molecule has 1 unspecified atom stereocenters. The standard InChI is InChI=1S/C18H29N3OS.HI/c1-3-19-17(21-14-18(22)11-7-8-12-18)20-13-15(2)23-16-9-5-4-6-10-16;/h4-6,9-10,15,22H,3,7-8,11-14H2,1-2H3,(H2,19,20,21);1H. The zero-order valence-electron chi connectivity index (χ0n) is 14.6. The largest absolute Gasteiger partial charge is 0.388 e. The van der Waals surface area contributed by atoms with Gasteiger partial charge in [0.25, 0.3) is 0 Å². The van der Waals surface area contributed by atoms with Crippen LogP contribution in [0, 0.1) is 0 Å². The highest BCUT2D eigenvalue weighted by atomic mass is 127. The number of hydrogen-bond acceptors (Lipinski definition) is 3. The molecule has 136 valence electrons. The van der Waals surface area contributed by atoms with Crippen molar-refractivity contribution in [2.24, 2.45) is 4.99 Å². The maximum absolute atomic E-state index is 10.4. The van der Waals surface area contributed by atoms with Crippen LogP contribution in [0.2, 0.25) is 0 Å². The summed E-state index contributed by atoms with van der Waals surface area (Å²) >= 11 is 1.85. The minimum Gasteiger partial charge on any atom is -0.388 e. The summed E-state index contributed by atoms with van der Waals surface area (Å²) < 4.78 is 0. The third-order valence-electron chi connectivity index (χ3n) is 4.05. The summed E-state index contributed by atoms with van der Waals surface area (Å²) in [6.45, 7) is 6.42. The third kappa shape index (κ3) is 7.61. The SMILES string of the molecule is CCNC(=NCC1(O)CCCC1)NCC(C)Sc1ccccc1.I. The molecule has 3 N–H and O–H groups in total. The molecule has 0 spiro atoms. The molecule has 0 heterocycles. The van der Waals surface area contributed by atoms with Gasteiger partial charge in [0.15, 0.2) is 5.96 Å².